The Hall–Kier alpha value is -0.760. The second-order valence-corrected chi connectivity index (χ2v) is 5.80. The topological polar surface area (TPSA) is 24.5 Å². The standard InChI is InChI=1S/C14H21F3N2OS/c1-19(9-10-20-2)8-7-18-11-12-3-5-13(6-4-12)21-14(15,16)17/h3-6,18H,7-11H2,1-2H3. The van der Waals surface area contributed by atoms with Crippen molar-refractivity contribution in [2.45, 2.75) is 16.9 Å². The fourth-order valence-electron chi connectivity index (χ4n) is 1.67. The van der Waals surface area contributed by atoms with Crippen LogP contribution in [0.25, 0.3) is 0 Å². The van der Waals surface area contributed by atoms with Gasteiger partial charge in [-0.3, -0.25) is 0 Å². The Morgan fingerprint density at radius 1 is 1.19 bits per heavy atom. The maximum atomic E-state index is 12.2. The molecule has 0 unspecified atom stereocenters. The van der Waals surface area contributed by atoms with E-state index in [2.05, 4.69) is 10.2 Å². The summed E-state index contributed by atoms with van der Waals surface area (Å²) >= 11 is -0.0896. The van der Waals surface area contributed by atoms with Crippen molar-refractivity contribution in [2.24, 2.45) is 0 Å². The van der Waals surface area contributed by atoms with Gasteiger partial charge in [0.2, 0.25) is 0 Å². The SMILES string of the molecule is COCCN(C)CCNCc1ccc(SC(F)(F)F)cc1. The molecule has 0 aromatic heterocycles. The van der Waals surface area contributed by atoms with Gasteiger partial charge in [-0.25, -0.2) is 0 Å². The van der Waals surface area contributed by atoms with Gasteiger partial charge in [0, 0.05) is 38.2 Å². The predicted octanol–water partition coefficient (Wildman–Crippen LogP) is 2.97. The molecule has 1 N–H and O–H groups in total. The molecule has 0 aliphatic heterocycles. The lowest BCUT2D eigenvalue weighted by atomic mass is 10.2. The maximum Gasteiger partial charge on any atom is 0.446 e. The Morgan fingerprint density at radius 3 is 2.43 bits per heavy atom. The number of nitrogens with zero attached hydrogens (tertiary/aromatic N) is 1. The second kappa shape index (κ2) is 9.30. The summed E-state index contributed by atoms with van der Waals surface area (Å²) in [4.78, 5) is 2.37. The van der Waals surface area contributed by atoms with Crippen LogP contribution >= 0.6 is 11.8 Å². The summed E-state index contributed by atoms with van der Waals surface area (Å²) < 4.78 is 41.6. The average Bonchev–Trinajstić information content (AvgIpc) is 2.41. The molecule has 21 heavy (non-hydrogen) atoms. The van der Waals surface area contributed by atoms with Gasteiger partial charge in [-0.15, -0.1) is 0 Å². The number of alkyl halides is 3. The van der Waals surface area contributed by atoms with Crippen molar-refractivity contribution >= 4 is 11.8 Å². The lowest BCUT2D eigenvalue weighted by Crippen LogP contribution is -2.31. The van der Waals surface area contributed by atoms with Gasteiger partial charge in [0.1, 0.15) is 0 Å². The highest BCUT2D eigenvalue weighted by atomic mass is 32.2. The van der Waals surface area contributed by atoms with Gasteiger partial charge < -0.3 is 15.0 Å². The molecule has 0 atom stereocenters. The number of likely N-dealkylation sites (N-methyl/N-ethyl adjacent to an activating group) is 1. The van der Waals surface area contributed by atoms with Crippen molar-refractivity contribution in [3.8, 4) is 0 Å². The molecule has 7 heteroatoms. The number of hydrogen-bond donors (Lipinski definition) is 1. The third-order valence-corrected chi connectivity index (χ3v) is 3.57. The molecule has 120 valence electrons. The fourth-order valence-corrected chi connectivity index (χ4v) is 2.21. The Balaban J connectivity index is 2.24. The smallest absolute Gasteiger partial charge is 0.383 e. The summed E-state index contributed by atoms with van der Waals surface area (Å²) in [7, 11) is 3.69. The lowest BCUT2D eigenvalue weighted by molar-refractivity contribution is -0.0328. The van der Waals surface area contributed by atoms with Crippen LogP contribution in [0.15, 0.2) is 29.2 Å². The first-order chi connectivity index (χ1) is 9.90. The van der Waals surface area contributed by atoms with Crippen molar-refractivity contribution in [3.05, 3.63) is 29.8 Å². The van der Waals surface area contributed by atoms with Crippen LogP contribution in [-0.2, 0) is 11.3 Å². The minimum absolute atomic E-state index is 0.0896. The quantitative estimate of drug-likeness (QED) is 0.558. The Kier molecular flexibility index (Phi) is 8.10. The van der Waals surface area contributed by atoms with Gasteiger partial charge in [-0.1, -0.05) is 12.1 Å². The first kappa shape index (κ1) is 18.3. The van der Waals surface area contributed by atoms with E-state index >= 15 is 0 Å². The van der Waals surface area contributed by atoms with E-state index < -0.39 is 5.51 Å². The minimum Gasteiger partial charge on any atom is -0.383 e. The molecule has 0 aliphatic carbocycles. The van der Waals surface area contributed by atoms with Gasteiger partial charge in [0.15, 0.2) is 0 Å². The summed E-state index contributed by atoms with van der Waals surface area (Å²) in [6, 6.07) is 6.44. The number of methoxy groups -OCH3 is 1. The third-order valence-electron chi connectivity index (χ3n) is 2.83. The number of hydrogen-bond acceptors (Lipinski definition) is 4. The number of ether oxygens (including phenoxy) is 1. The van der Waals surface area contributed by atoms with Gasteiger partial charge in [0.05, 0.1) is 6.61 Å². The minimum atomic E-state index is -4.23. The molecule has 0 aliphatic rings. The van der Waals surface area contributed by atoms with Crippen molar-refractivity contribution < 1.29 is 17.9 Å². The van der Waals surface area contributed by atoms with Gasteiger partial charge in [0.25, 0.3) is 0 Å². The van der Waals surface area contributed by atoms with Gasteiger partial charge in [-0.2, -0.15) is 13.2 Å². The van der Waals surface area contributed by atoms with Crippen molar-refractivity contribution in [1.82, 2.24) is 10.2 Å². The molecule has 3 nitrogen and oxygen atoms in total. The highest BCUT2D eigenvalue weighted by molar-refractivity contribution is 8.00. The monoisotopic (exact) mass is 322 g/mol. The van der Waals surface area contributed by atoms with Crippen molar-refractivity contribution in [1.29, 1.82) is 0 Å². The predicted molar refractivity (Wildman–Crippen MR) is 79.4 cm³/mol. The summed E-state index contributed by atoms with van der Waals surface area (Å²) in [6.45, 7) is 3.94. The highest BCUT2D eigenvalue weighted by Gasteiger charge is 2.28. The third kappa shape index (κ3) is 8.98. The van der Waals surface area contributed by atoms with E-state index in [9.17, 15) is 13.2 Å². The summed E-state index contributed by atoms with van der Waals surface area (Å²) in [5.41, 5.74) is -3.26. The van der Waals surface area contributed by atoms with E-state index in [4.69, 9.17) is 4.74 Å². The lowest BCUT2D eigenvalue weighted by Gasteiger charge is -2.16. The van der Waals surface area contributed by atoms with Crippen LogP contribution in [0.2, 0.25) is 0 Å². The Morgan fingerprint density at radius 2 is 1.86 bits per heavy atom. The molecular formula is C14H21F3N2OS. The van der Waals surface area contributed by atoms with Gasteiger partial charge >= 0.3 is 5.51 Å². The molecule has 1 rings (SSSR count). The number of rotatable bonds is 9. The number of benzene rings is 1. The average molecular weight is 322 g/mol. The molecule has 1 aromatic carbocycles. The van der Waals surface area contributed by atoms with E-state index in [1.807, 2.05) is 7.05 Å². The van der Waals surface area contributed by atoms with Crippen molar-refractivity contribution in [2.75, 3.05) is 40.4 Å². The van der Waals surface area contributed by atoms with Crippen molar-refractivity contribution in [3.63, 3.8) is 0 Å². The van der Waals surface area contributed by atoms with Gasteiger partial charge in [-0.05, 0) is 36.5 Å². The van der Waals surface area contributed by atoms with Crippen LogP contribution in [0.4, 0.5) is 13.2 Å². The zero-order chi connectivity index (χ0) is 15.7. The van der Waals surface area contributed by atoms with E-state index in [1.54, 1.807) is 19.2 Å². The Labute approximate surface area is 127 Å². The molecule has 0 fully saturated rings. The second-order valence-electron chi connectivity index (χ2n) is 4.66. The molecule has 1 aromatic rings. The summed E-state index contributed by atoms with van der Waals surface area (Å²) in [5.74, 6) is 0. The highest BCUT2D eigenvalue weighted by Crippen LogP contribution is 2.36. The molecule has 0 spiro atoms. The molecule has 0 saturated carbocycles. The normalized spacial score (nSPS) is 12.1. The van der Waals surface area contributed by atoms with E-state index in [0.717, 1.165) is 25.2 Å². The molecule has 0 radical (unpaired) electrons. The summed E-state index contributed by atoms with van der Waals surface area (Å²) in [5, 5.41) is 3.27. The summed E-state index contributed by atoms with van der Waals surface area (Å²) in [6.07, 6.45) is 0. The first-order valence-corrected chi connectivity index (χ1v) is 7.45. The van der Waals surface area contributed by atoms with Crippen LogP contribution in [0.3, 0.4) is 0 Å². The number of nitrogens with one attached hydrogen (secondary N) is 1. The van der Waals surface area contributed by atoms with E-state index in [-0.39, 0.29) is 16.7 Å². The van der Waals surface area contributed by atoms with E-state index in [1.165, 1.54) is 12.1 Å². The first-order valence-electron chi connectivity index (χ1n) is 6.63. The number of thioether (sulfide) groups is 1. The fraction of sp³-hybridized carbons (Fsp3) is 0.571. The van der Waals surface area contributed by atoms with Crippen LogP contribution < -0.4 is 5.32 Å². The van der Waals surface area contributed by atoms with Crippen LogP contribution in [0.5, 0.6) is 0 Å². The molecule has 0 amide bonds. The largest absolute Gasteiger partial charge is 0.446 e. The zero-order valence-electron chi connectivity index (χ0n) is 12.2. The maximum absolute atomic E-state index is 12.2. The Bertz CT molecular complexity index is 398. The van der Waals surface area contributed by atoms with Crippen LogP contribution in [0, 0.1) is 0 Å². The molecular weight excluding hydrogens is 301 g/mol. The zero-order valence-corrected chi connectivity index (χ0v) is 13.1. The van der Waals surface area contributed by atoms with Crippen LogP contribution in [0.1, 0.15) is 5.56 Å². The number of halogens is 3. The van der Waals surface area contributed by atoms with E-state index in [0.29, 0.717) is 13.2 Å². The molecule has 0 bridgehead atoms. The molecule has 0 saturated heterocycles. The van der Waals surface area contributed by atoms with Crippen LogP contribution in [-0.4, -0.2) is 50.8 Å². The molecule has 0 heterocycles.